The van der Waals surface area contributed by atoms with Gasteiger partial charge in [0.2, 0.25) is 0 Å². The molecule has 23 nitrogen and oxygen atoms in total. The lowest BCUT2D eigenvalue weighted by Gasteiger charge is -2.36. The highest BCUT2D eigenvalue weighted by molar-refractivity contribution is 5.72. The zero-order chi connectivity index (χ0) is 80.1. The van der Waals surface area contributed by atoms with E-state index in [1.165, 1.54) is 103 Å². The highest BCUT2D eigenvalue weighted by atomic mass is 19.1. The van der Waals surface area contributed by atoms with Gasteiger partial charge in [-0.2, -0.15) is 0 Å². The van der Waals surface area contributed by atoms with Crippen molar-refractivity contribution in [1.29, 1.82) is 0 Å². The molecule has 0 bridgehead atoms. The minimum atomic E-state index is -0.509. The first-order chi connectivity index (χ1) is 54.3. The average Bonchev–Trinajstić information content (AvgIpc) is 0.982. The first-order valence-corrected chi connectivity index (χ1v) is 37.3. The number of nitrogens with zero attached hydrogens (tertiary/aromatic N) is 14. The second kappa shape index (κ2) is 34.5. The number of β-amino-alcohol motifs (C(OH)–C–C–N with tert-alkyl or cyclic N) is 1. The molecule has 3 atom stereocenters. The Morgan fingerprint density at radius 1 is 0.398 bits per heavy atom. The summed E-state index contributed by atoms with van der Waals surface area (Å²) in [5.74, 6) is -1.27. The van der Waals surface area contributed by atoms with E-state index in [2.05, 4.69) is 86.8 Å². The number of pyridine rings is 5. The second-order valence-electron chi connectivity index (χ2n) is 29.3. The molecule has 0 aliphatic carbocycles. The molecule has 4 aromatic carbocycles. The number of hydrogen-bond acceptors (Lipinski definition) is 19. The van der Waals surface area contributed by atoms with Gasteiger partial charge in [0, 0.05) is 136 Å². The first-order valence-electron chi connectivity index (χ1n) is 37.3. The van der Waals surface area contributed by atoms with Gasteiger partial charge >= 0.3 is 0 Å². The van der Waals surface area contributed by atoms with E-state index in [0.717, 1.165) is 93.1 Å². The molecule has 8 aromatic heterocycles. The van der Waals surface area contributed by atoms with Crippen molar-refractivity contribution in [3.8, 4) is 67.9 Å². The topological polar surface area (TPSA) is 204 Å². The molecule has 4 aliphatic heterocycles. The molecule has 0 spiro atoms. The van der Waals surface area contributed by atoms with E-state index in [1.54, 1.807) is 57.5 Å². The van der Waals surface area contributed by atoms with E-state index in [9.17, 15) is 41.8 Å². The normalized spacial score (nSPS) is 16.6. The van der Waals surface area contributed by atoms with Crippen LogP contribution < -0.4 is 55.9 Å². The summed E-state index contributed by atoms with van der Waals surface area (Å²) >= 11 is 0. The zero-order valence-electron chi connectivity index (χ0n) is 65.1. The molecule has 27 heteroatoms. The minimum absolute atomic E-state index is 0.0351. The molecule has 16 rings (SSSR count). The number of halogens is 4. The Kier molecular flexibility index (Phi) is 24.2. The molecule has 588 valence electrons. The maximum absolute atomic E-state index is 14.1. The van der Waals surface area contributed by atoms with Crippen molar-refractivity contribution < 1.29 is 41.6 Å². The van der Waals surface area contributed by atoms with Crippen molar-refractivity contribution in [3.05, 3.63) is 253 Å². The molecule has 0 radical (unpaired) electrons. The SMILES string of the molecule is COc1ccc(-c2cc(=O)n3cc(C4=CCN(C)CC4)ccc3n2)cc1F.COc1ccc(-c2cc(=O)n3cc(N4CCC(N(C)C)CC4)ccc3c2)cc1F.COc1ccc(-c2cc(=O)n3cc(N4CC[C@H](N(C)C)C4)ccc3n2)cc1F.COc1ccc(-c2cc(=O)n3cc(N4C[C@@H](O)[C@H](N(C)C)C4)ccc3n2)cc1F. The molecular weight excluding hydrogens is 1450 g/mol. The van der Waals surface area contributed by atoms with Crippen LogP contribution in [0, 0.1) is 23.3 Å². The number of benzene rings is 4. The number of aliphatic hydroxyl groups is 1. The van der Waals surface area contributed by atoms with Gasteiger partial charge in [-0.25, -0.2) is 32.5 Å². The Balaban J connectivity index is 0.000000132. The van der Waals surface area contributed by atoms with Crippen LogP contribution in [0.2, 0.25) is 0 Å². The number of rotatable bonds is 15. The van der Waals surface area contributed by atoms with Crippen LogP contribution in [0.1, 0.15) is 31.2 Å². The van der Waals surface area contributed by atoms with Crippen molar-refractivity contribution in [2.75, 3.05) is 145 Å². The molecule has 0 unspecified atom stereocenters. The van der Waals surface area contributed by atoms with Gasteiger partial charge in [-0.1, -0.05) is 12.1 Å². The van der Waals surface area contributed by atoms with E-state index in [0.29, 0.717) is 87.0 Å². The fourth-order valence-electron chi connectivity index (χ4n) is 14.7. The van der Waals surface area contributed by atoms with E-state index in [-0.39, 0.29) is 51.3 Å². The maximum atomic E-state index is 14.1. The van der Waals surface area contributed by atoms with Crippen LogP contribution in [0.15, 0.2) is 202 Å². The standard InChI is InChI=1S/C23H26FN3O2.C21H23FN4O3.C21H23FN4O2.C21H20FN3O2/c1-25(2)18-8-10-26(11-9-18)20-6-5-19-12-17(14-23(28)27(19)15-20)16-4-7-22(29-3)21(24)13-16;1-24(2)17-11-25(12-18(17)27)14-5-7-20-23-16(9-21(28)26(20)10-14)13-4-6-19(29-3)15(22)8-13;1-24(2)15-8-9-25(12-15)16-5-7-20-23-18(11-21(27)26(20)13-16)14-4-6-19(28-3)17(22)10-14;1-24-9-7-14(8-10-24)16-4-6-20-23-18(12-21(26)25(20)13-16)15-3-5-19(27-2)17(22)11-15/h4-7,12-15,18H,8-11H2,1-3H3;4-10,17-18,27H,11-12H2,1-3H3;4-7,10-11,13,15H,8-9,12H2,1-3H3;3-7,11-13H,8-10H2,1-2H3/t;17-,18-;15-;/m.10./s1. The molecule has 12 heterocycles. The summed E-state index contributed by atoms with van der Waals surface area (Å²) in [7, 11) is 20.1. The van der Waals surface area contributed by atoms with Gasteiger partial charge in [-0.3, -0.25) is 36.8 Å². The molecule has 1 N–H and O–H groups in total. The molecule has 3 fully saturated rings. The van der Waals surface area contributed by atoms with Crippen LogP contribution in [0.5, 0.6) is 23.0 Å². The Morgan fingerprint density at radius 3 is 1.25 bits per heavy atom. The van der Waals surface area contributed by atoms with Crippen LogP contribution in [0.4, 0.5) is 34.6 Å². The maximum Gasteiger partial charge on any atom is 0.258 e. The van der Waals surface area contributed by atoms with E-state index >= 15 is 0 Å². The zero-order valence-corrected chi connectivity index (χ0v) is 65.1. The van der Waals surface area contributed by atoms with E-state index in [4.69, 9.17) is 18.9 Å². The number of piperidine rings is 1. The van der Waals surface area contributed by atoms with Gasteiger partial charge in [0.1, 0.15) is 16.9 Å². The third kappa shape index (κ3) is 17.8. The van der Waals surface area contributed by atoms with Crippen molar-refractivity contribution in [1.82, 2.24) is 52.2 Å². The third-order valence-corrected chi connectivity index (χ3v) is 21.4. The molecule has 3 saturated heterocycles. The van der Waals surface area contributed by atoms with Crippen LogP contribution in [-0.2, 0) is 0 Å². The van der Waals surface area contributed by atoms with E-state index in [1.807, 2.05) is 85.0 Å². The fraction of sp³-hybridized carbons (Fsp3) is 0.314. The Labute approximate surface area is 651 Å². The van der Waals surface area contributed by atoms with Gasteiger partial charge in [0.15, 0.2) is 46.3 Å². The highest BCUT2D eigenvalue weighted by Gasteiger charge is 2.33. The summed E-state index contributed by atoms with van der Waals surface area (Å²) in [6.07, 6.45) is 13.3. The lowest BCUT2D eigenvalue weighted by molar-refractivity contribution is 0.114. The molecule has 0 saturated carbocycles. The predicted octanol–water partition coefficient (Wildman–Crippen LogP) is 11.1. The molecule has 113 heavy (non-hydrogen) atoms. The summed E-state index contributed by atoms with van der Waals surface area (Å²) in [6.45, 7) is 6.93. The van der Waals surface area contributed by atoms with Gasteiger partial charge in [0.05, 0.1) is 74.7 Å². The lowest BCUT2D eigenvalue weighted by Crippen LogP contribution is -2.42. The average molecular weight is 1540 g/mol. The van der Waals surface area contributed by atoms with Crippen molar-refractivity contribution >= 4 is 45.1 Å². The number of hydrogen-bond donors (Lipinski definition) is 1. The van der Waals surface area contributed by atoms with Crippen LogP contribution in [0.3, 0.4) is 0 Å². The summed E-state index contributed by atoms with van der Waals surface area (Å²) in [4.78, 5) is 79.8. The van der Waals surface area contributed by atoms with E-state index < -0.39 is 29.4 Å². The Hall–Kier alpha value is -11.8. The number of methoxy groups -OCH3 is 4. The first kappa shape index (κ1) is 79.3. The number of anilines is 3. The highest BCUT2D eigenvalue weighted by Crippen LogP contribution is 2.33. The summed E-state index contributed by atoms with van der Waals surface area (Å²) in [6, 6.07) is 42.5. The largest absolute Gasteiger partial charge is 0.494 e. The monoisotopic (exact) mass is 1540 g/mol. The minimum Gasteiger partial charge on any atom is -0.494 e. The van der Waals surface area contributed by atoms with Crippen molar-refractivity contribution in [2.24, 2.45) is 0 Å². The number of ether oxygens (including phenoxy) is 4. The Bertz CT molecular complexity index is 5790. The fourth-order valence-corrected chi connectivity index (χ4v) is 14.7. The molecule has 0 amide bonds. The molecule has 12 aromatic rings. The summed E-state index contributed by atoms with van der Waals surface area (Å²) in [5, 5.41) is 10.3. The van der Waals surface area contributed by atoms with Gasteiger partial charge in [0.25, 0.3) is 22.2 Å². The third-order valence-electron chi connectivity index (χ3n) is 21.4. The van der Waals surface area contributed by atoms with Crippen LogP contribution in [0.25, 0.3) is 72.9 Å². The van der Waals surface area contributed by atoms with Gasteiger partial charge in [-0.15, -0.1) is 0 Å². The predicted molar refractivity (Wildman–Crippen MR) is 435 cm³/mol. The van der Waals surface area contributed by atoms with Crippen LogP contribution >= 0.6 is 0 Å². The summed E-state index contributed by atoms with van der Waals surface area (Å²) < 4.78 is 82.1. The van der Waals surface area contributed by atoms with Gasteiger partial charge < -0.3 is 58.4 Å². The number of likely N-dealkylation sites (N-methyl/N-ethyl adjacent to an activating group) is 3. The number of aromatic nitrogens is 7. The molecule has 4 aliphatic rings. The van der Waals surface area contributed by atoms with Crippen LogP contribution in [-0.4, -0.2) is 212 Å². The number of aliphatic hydroxyl groups excluding tert-OH is 1. The van der Waals surface area contributed by atoms with Crippen molar-refractivity contribution in [2.45, 2.75) is 49.9 Å². The molecular formula is C86H92F4N14O9. The van der Waals surface area contributed by atoms with Crippen molar-refractivity contribution in [3.63, 3.8) is 0 Å². The number of fused-ring (bicyclic) bond motifs is 4. The van der Waals surface area contributed by atoms with Gasteiger partial charge in [-0.05, 0) is 219 Å². The summed E-state index contributed by atoms with van der Waals surface area (Å²) in [5.41, 5.74) is 10.9. The lowest BCUT2D eigenvalue weighted by atomic mass is 10.0. The Morgan fingerprint density at radius 2 is 0.805 bits per heavy atom. The second-order valence-corrected chi connectivity index (χ2v) is 29.3. The smallest absolute Gasteiger partial charge is 0.258 e. The quantitative estimate of drug-likeness (QED) is 0.0948.